The molecule has 0 saturated heterocycles. The van der Waals surface area contributed by atoms with Gasteiger partial charge in [0.25, 0.3) is 0 Å². The predicted octanol–water partition coefficient (Wildman–Crippen LogP) is 11.6. The van der Waals surface area contributed by atoms with Crippen LogP contribution in [0.3, 0.4) is 0 Å². The van der Waals surface area contributed by atoms with Crippen LogP contribution in [0.4, 0.5) is 5.69 Å². The molecule has 6 aromatic carbocycles. The first-order valence-electron chi connectivity index (χ1n) is 15.3. The summed E-state index contributed by atoms with van der Waals surface area (Å²) in [5.41, 5.74) is 11.2. The van der Waals surface area contributed by atoms with Crippen LogP contribution in [0.1, 0.15) is 0 Å². The minimum Gasteiger partial charge on any atom is -0.456 e. The molecule has 0 aliphatic carbocycles. The Morgan fingerprint density at radius 2 is 1.26 bits per heavy atom. The lowest BCUT2D eigenvalue weighted by molar-refractivity contribution is 0.669. The van der Waals surface area contributed by atoms with E-state index in [9.17, 15) is 0 Å². The van der Waals surface area contributed by atoms with E-state index in [2.05, 4.69) is 100 Å². The van der Waals surface area contributed by atoms with E-state index >= 15 is 0 Å². The summed E-state index contributed by atoms with van der Waals surface area (Å²) < 4.78 is 8.71. The summed E-state index contributed by atoms with van der Waals surface area (Å²) in [4.78, 5) is 9.01. The van der Waals surface area contributed by atoms with E-state index in [1.165, 1.54) is 5.39 Å². The molecular formula is C42H25N3O. The maximum absolute atomic E-state index is 7.93. The number of para-hydroxylation sites is 3. The van der Waals surface area contributed by atoms with Gasteiger partial charge in [-0.3, -0.25) is 0 Å². The standard InChI is InChI=1S/C42H25N3O/c1-43-37-17-8-5-14-31(37)28-24-29(36-19-11-18-35(44-36)27-12-3-2-4-13-27)26-30(25-28)45-38-20-9-6-15-32(38)33-22-23-40-41(42(33)45)34-16-7-10-21-39(34)46-40/h2-26H. The quantitative estimate of drug-likeness (QED) is 0.192. The number of rotatable bonds is 4. The number of fused-ring (bicyclic) bond motifs is 7. The van der Waals surface area contributed by atoms with E-state index < -0.39 is 0 Å². The van der Waals surface area contributed by atoms with Crippen molar-refractivity contribution in [3.05, 3.63) is 163 Å². The minimum absolute atomic E-state index is 0.613. The number of hydrogen-bond donors (Lipinski definition) is 0. The molecule has 9 rings (SSSR count). The molecule has 214 valence electrons. The molecule has 0 fully saturated rings. The van der Waals surface area contributed by atoms with E-state index in [-0.39, 0.29) is 0 Å². The largest absolute Gasteiger partial charge is 0.456 e. The van der Waals surface area contributed by atoms with Crippen molar-refractivity contribution in [2.45, 2.75) is 0 Å². The van der Waals surface area contributed by atoms with E-state index in [0.717, 1.165) is 77.7 Å². The van der Waals surface area contributed by atoms with Crippen LogP contribution in [-0.4, -0.2) is 9.55 Å². The Bertz CT molecular complexity index is 2660. The monoisotopic (exact) mass is 587 g/mol. The van der Waals surface area contributed by atoms with Crippen LogP contribution < -0.4 is 0 Å². The Balaban J connectivity index is 1.39. The highest BCUT2D eigenvalue weighted by Gasteiger charge is 2.20. The first-order valence-corrected chi connectivity index (χ1v) is 15.3. The molecule has 46 heavy (non-hydrogen) atoms. The molecule has 0 bridgehead atoms. The highest BCUT2D eigenvalue weighted by Crippen LogP contribution is 2.42. The van der Waals surface area contributed by atoms with Gasteiger partial charge in [0.1, 0.15) is 11.2 Å². The Morgan fingerprint density at radius 1 is 0.543 bits per heavy atom. The molecule has 4 heteroatoms. The molecule has 3 heterocycles. The van der Waals surface area contributed by atoms with Crippen molar-refractivity contribution in [3.63, 3.8) is 0 Å². The van der Waals surface area contributed by atoms with Gasteiger partial charge in [0, 0.05) is 33.0 Å². The fourth-order valence-electron chi connectivity index (χ4n) is 6.76. The van der Waals surface area contributed by atoms with Crippen LogP contribution in [0.15, 0.2) is 156 Å². The topological polar surface area (TPSA) is 35.3 Å². The van der Waals surface area contributed by atoms with E-state index in [1.807, 2.05) is 60.7 Å². The second-order valence-electron chi connectivity index (χ2n) is 11.5. The van der Waals surface area contributed by atoms with Crippen LogP contribution in [0.5, 0.6) is 0 Å². The molecule has 0 amide bonds. The Hall–Kier alpha value is -6.44. The smallest absolute Gasteiger partial charge is 0.194 e. The van der Waals surface area contributed by atoms with Crippen molar-refractivity contribution >= 4 is 49.4 Å². The van der Waals surface area contributed by atoms with Crippen LogP contribution in [0.2, 0.25) is 0 Å². The predicted molar refractivity (Wildman–Crippen MR) is 188 cm³/mol. The molecule has 0 aliphatic rings. The van der Waals surface area contributed by atoms with Crippen LogP contribution in [0.25, 0.3) is 87.9 Å². The van der Waals surface area contributed by atoms with E-state index in [0.29, 0.717) is 5.69 Å². The lowest BCUT2D eigenvalue weighted by Gasteiger charge is -2.15. The second kappa shape index (κ2) is 10.3. The molecule has 0 radical (unpaired) electrons. The van der Waals surface area contributed by atoms with Gasteiger partial charge in [-0.05, 0) is 65.7 Å². The van der Waals surface area contributed by atoms with Gasteiger partial charge >= 0.3 is 0 Å². The summed E-state index contributed by atoms with van der Waals surface area (Å²) in [6.07, 6.45) is 0. The van der Waals surface area contributed by atoms with Crippen molar-refractivity contribution in [1.82, 2.24) is 9.55 Å². The number of furan rings is 1. The first kappa shape index (κ1) is 26.0. The van der Waals surface area contributed by atoms with Crippen LogP contribution in [-0.2, 0) is 0 Å². The lowest BCUT2D eigenvalue weighted by Crippen LogP contribution is -1.97. The van der Waals surface area contributed by atoms with Crippen molar-refractivity contribution in [2.24, 2.45) is 0 Å². The Kier molecular flexibility index (Phi) is 5.84. The maximum Gasteiger partial charge on any atom is 0.194 e. The summed E-state index contributed by atoms with van der Waals surface area (Å²) in [5, 5.41) is 4.50. The van der Waals surface area contributed by atoms with Gasteiger partial charge in [-0.25, -0.2) is 9.83 Å². The lowest BCUT2D eigenvalue weighted by atomic mass is 9.98. The maximum atomic E-state index is 7.93. The third-order valence-electron chi connectivity index (χ3n) is 8.80. The fourth-order valence-corrected chi connectivity index (χ4v) is 6.76. The molecule has 0 saturated carbocycles. The highest BCUT2D eigenvalue weighted by molar-refractivity contribution is 6.24. The summed E-state index contributed by atoms with van der Waals surface area (Å²) in [6.45, 7) is 7.93. The molecule has 9 aromatic rings. The fraction of sp³-hybridized carbons (Fsp3) is 0. The zero-order chi connectivity index (χ0) is 30.6. The molecule has 0 N–H and O–H groups in total. The second-order valence-corrected chi connectivity index (χ2v) is 11.5. The van der Waals surface area contributed by atoms with Gasteiger partial charge in [-0.1, -0.05) is 97.1 Å². The van der Waals surface area contributed by atoms with Crippen molar-refractivity contribution in [1.29, 1.82) is 0 Å². The van der Waals surface area contributed by atoms with Gasteiger partial charge in [0.15, 0.2) is 5.69 Å². The van der Waals surface area contributed by atoms with Gasteiger partial charge in [-0.2, -0.15) is 0 Å². The number of hydrogen-bond acceptors (Lipinski definition) is 2. The third kappa shape index (κ3) is 4.03. The highest BCUT2D eigenvalue weighted by atomic mass is 16.3. The summed E-state index contributed by atoms with van der Waals surface area (Å²) in [5.74, 6) is 0. The number of benzene rings is 6. The first-order chi connectivity index (χ1) is 22.8. The summed E-state index contributed by atoms with van der Waals surface area (Å²) >= 11 is 0. The summed E-state index contributed by atoms with van der Waals surface area (Å²) in [7, 11) is 0. The molecule has 0 aliphatic heterocycles. The number of nitrogens with zero attached hydrogens (tertiary/aromatic N) is 3. The van der Waals surface area contributed by atoms with E-state index in [4.69, 9.17) is 16.0 Å². The minimum atomic E-state index is 0.613. The van der Waals surface area contributed by atoms with Gasteiger partial charge < -0.3 is 8.98 Å². The summed E-state index contributed by atoms with van der Waals surface area (Å²) in [6, 6.07) is 51.8. The molecule has 0 spiro atoms. The Morgan fingerprint density at radius 3 is 2.13 bits per heavy atom. The molecule has 3 aromatic heterocycles. The van der Waals surface area contributed by atoms with Gasteiger partial charge in [-0.15, -0.1) is 0 Å². The van der Waals surface area contributed by atoms with Gasteiger partial charge in [0.2, 0.25) is 0 Å². The van der Waals surface area contributed by atoms with Crippen molar-refractivity contribution < 1.29 is 4.42 Å². The average molecular weight is 588 g/mol. The SMILES string of the molecule is [C-]#[N+]c1ccccc1-c1cc(-c2cccc(-c3ccccc3)n2)cc(-n2c3ccccc3c3ccc4oc5ccccc5c4c32)c1. The van der Waals surface area contributed by atoms with Crippen molar-refractivity contribution in [3.8, 4) is 39.3 Å². The molecule has 0 unspecified atom stereocenters. The zero-order valence-corrected chi connectivity index (χ0v) is 24.7. The third-order valence-corrected chi connectivity index (χ3v) is 8.80. The number of aromatic nitrogens is 2. The normalized spacial score (nSPS) is 11.5. The van der Waals surface area contributed by atoms with Crippen LogP contribution in [0, 0.1) is 6.57 Å². The van der Waals surface area contributed by atoms with Gasteiger partial charge in [0.05, 0.1) is 34.4 Å². The number of pyridine rings is 1. The Labute approximate surface area is 265 Å². The average Bonchev–Trinajstić information content (AvgIpc) is 3.67. The zero-order valence-electron chi connectivity index (χ0n) is 24.7. The van der Waals surface area contributed by atoms with Crippen LogP contribution >= 0.6 is 0 Å². The molecular weight excluding hydrogens is 562 g/mol. The molecule has 4 nitrogen and oxygen atoms in total. The van der Waals surface area contributed by atoms with E-state index in [1.54, 1.807) is 0 Å². The van der Waals surface area contributed by atoms with Crippen molar-refractivity contribution in [2.75, 3.05) is 0 Å². The molecule has 0 atom stereocenters.